The summed E-state index contributed by atoms with van der Waals surface area (Å²) in [5, 5.41) is 3.05. The third-order valence-corrected chi connectivity index (χ3v) is 5.41. The summed E-state index contributed by atoms with van der Waals surface area (Å²) in [6, 6.07) is 13.6. The van der Waals surface area contributed by atoms with Crippen LogP contribution in [0.1, 0.15) is 61.9 Å². The summed E-state index contributed by atoms with van der Waals surface area (Å²) in [4.78, 5) is 28.2. The van der Waals surface area contributed by atoms with E-state index in [0.29, 0.717) is 13.0 Å². The SMILES string of the molecule is CC[C@@H](C(=O)NC(C)(C)C)N(Cc1ccccc1C)C(=O)Cc1ccc(C)c(C)c1. The second-order valence-corrected chi connectivity index (χ2v) is 9.21. The molecule has 1 atom stereocenters. The Morgan fingerprint density at radius 2 is 1.63 bits per heavy atom. The highest BCUT2D eigenvalue weighted by atomic mass is 16.2. The molecule has 4 heteroatoms. The number of carbonyl (C=O) groups is 2. The van der Waals surface area contributed by atoms with E-state index in [-0.39, 0.29) is 23.8 Å². The lowest BCUT2D eigenvalue weighted by Crippen LogP contribution is -2.53. The van der Waals surface area contributed by atoms with Gasteiger partial charge in [0.1, 0.15) is 6.04 Å². The minimum Gasteiger partial charge on any atom is -0.350 e. The number of hydrogen-bond acceptors (Lipinski definition) is 2. The normalized spacial score (nSPS) is 12.4. The van der Waals surface area contributed by atoms with E-state index in [1.165, 1.54) is 11.1 Å². The third kappa shape index (κ3) is 6.45. The lowest BCUT2D eigenvalue weighted by atomic mass is 10.0. The zero-order valence-corrected chi connectivity index (χ0v) is 19.5. The van der Waals surface area contributed by atoms with Crippen molar-refractivity contribution in [1.29, 1.82) is 0 Å². The predicted octanol–water partition coefficient (Wildman–Crippen LogP) is 4.88. The van der Waals surface area contributed by atoms with Gasteiger partial charge in [0.05, 0.1) is 6.42 Å². The molecular formula is C26H36N2O2. The molecule has 1 N–H and O–H groups in total. The van der Waals surface area contributed by atoms with E-state index in [1.807, 2.05) is 71.0 Å². The Kier molecular flexibility index (Phi) is 7.83. The van der Waals surface area contributed by atoms with Crippen LogP contribution in [0, 0.1) is 20.8 Å². The van der Waals surface area contributed by atoms with Crippen LogP contribution in [0.15, 0.2) is 42.5 Å². The van der Waals surface area contributed by atoms with Crippen LogP contribution in [0.3, 0.4) is 0 Å². The van der Waals surface area contributed by atoms with E-state index < -0.39 is 6.04 Å². The Morgan fingerprint density at radius 3 is 2.20 bits per heavy atom. The first-order chi connectivity index (χ1) is 14.0. The van der Waals surface area contributed by atoms with Gasteiger partial charge in [-0.15, -0.1) is 0 Å². The summed E-state index contributed by atoms with van der Waals surface area (Å²) in [6.07, 6.45) is 0.846. The van der Waals surface area contributed by atoms with Crippen molar-refractivity contribution in [3.8, 4) is 0 Å². The van der Waals surface area contributed by atoms with Crippen molar-refractivity contribution in [2.24, 2.45) is 0 Å². The fraction of sp³-hybridized carbons (Fsp3) is 0.462. The van der Waals surface area contributed by atoms with Crippen LogP contribution in [0.25, 0.3) is 0 Å². The van der Waals surface area contributed by atoms with Crippen LogP contribution in [0.5, 0.6) is 0 Å². The molecule has 0 saturated heterocycles. The van der Waals surface area contributed by atoms with Gasteiger partial charge in [-0.2, -0.15) is 0 Å². The van der Waals surface area contributed by atoms with Crippen molar-refractivity contribution in [3.05, 3.63) is 70.3 Å². The number of amides is 2. The molecule has 0 radical (unpaired) electrons. The average Bonchev–Trinajstić information content (AvgIpc) is 2.64. The summed E-state index contributed by atoms with van der Waals surface area (Å²) in [6.45, 7) is 14.4. The van der Waals surface area contributed by atoms with Gasteiger partial charge in [0, 0.05) is 12.1 Å². The molecule has 0 aliphatic heterocycles. The molecule has 0 bridgehead atoms. The molecule has 0 heterocycles. The molecule has 2 rings (SSSR count). The molecule has 0 saturated carbocycles. The maximum atomic E-state index is 13.4. The van der Waals surface area contributed by atoms with Gasteiger partial charge in [-0.25, -0.2) is 0 Å². The zero-order chi connectivity index (χ0) is 22.5. The minimum absolute atomic E-state index is 0.0302. The van der Waals surface area contributed by atoms with E-state index in [0.717, 1.165) is 16.7 Å². The van der Waals surface area contributed by atoms with Crippen molar-refractivity contribution in [2.45, 2.75) is 79.4 Å². The number of aryl methyl sites for hydroxylation is 3. The molecule has 0 aromatic heterocycles. The lowest BCUT2D eigenvalue weighted by molar-refractivity contribution is -0.141. The molecule has 2 aromatic rings. The van der Waals surface area contributed by atoms with E-state index in [1.54, 1.807) is 4.90 Å². The Balaban J connectivity index is 2.35. The van der Waals surface area contributed by atoms with Crippen LogP contribution in [0.2, 0.25) is 0 Å². The number of carbonyl (C=O) groups excluding carboxylic acids is 2. The van der Waals surface area contributed by atoms with Crippen molar-refractivity contribution >= 4 is 11.8 Å². The zero-order valence-electron chi connectivity index (χ0n) is 19.5. The fourth-order valence-electron chi connectivity index (χ4n) is 3.53. The molecule has 0 spiro atoms. The van der Waals surface area contributed by atoms with Crippen LogP contribution in [0.4, 0.5) is 0 Å². The molecule has 2 amide bonds. The largest absolute Gasteiger partial charge is 0.350 e. The molecule has 0 aliphatic rings. The maximum absolute atomic E-state index is 13.4. The number of hydrogen-bond donors (Lipinski definition) is 1. The Morgan fingerprint density at radius 1 is 0.967 bits per heavy atom. The number of nitrogens with zero attached hydrogens (tertiary/aromatic N) is 1. The second-order valence-electron chi connectivity index (χ2n) is 9.21. The van der Waals surface area contributed by atoms with E-state index in [9.17, 15) is 9.59 Å². The van der Waals surface area contributed by atoms with Gasteiger partial charge < -0.3 is 10.2 Å². The van der Waals surface area contributed by atoms with Crippen LogP contribution >= 0.6 is 0 Å². The Hall–Kier alpha value is -2.62. The lowest BCUT2D eigenvalue weighted by Gasteiger charge is -2.33. The highest BCUT2D eigenvalue weighted by Gasteiger charge is 2.30. The summed E-state index contributed by atoms with van der Waals surface area (Å²) in [5.74, 6) is -0.135. The smallest absolute Gasteiger partial charge is 0.243 e. The Bertz CT molecular complexity index is 896. The summed E-state index contributed by atoms with van der Waals surface area (Å²) in [5.41, 5.74) is 5.18. The molecule has 0 fully saturated rings. The van der Waals surface area contributed by atoms with Gasteiger partial charge in [0.2, 0.25) is 11.8 Å². The first kappa shape index (κ1) is 23.7. The van der Waals surface area contributed by atoms with E-state index >= 15 is 0 Å². The molecule has 30 heavy (non-hydrogen) atoms. The molecular weight excluding hydrogens is 372 g/mol. The van der Waals surface area contributed by atoms with E-state index in [4.69, 9.17) is 0 Å². The van der Waals surface area contributed by atoms with Crippen molar-refractivity contribution in [1.82, 2.24) is 10.2 Å². The number of benzene rings is 2. The second kappa shape index (κ2) is 9.92. The molecule has 0 unspecified atom stereocenters. The van der Waals surface area contributed by atoms with Crippen molar-refractivity contribution < 1.29 is 9.59 Å². The number of rotatable bonds is 7. The van der Waals surface area contributed by atoms with Crippen LogP contribution in [-0.4, -0.2) is 28.3 Å². The first-order valence-electron chi connectivity index (χ1n) is 10.7. The molecule has 162 valence electrons. The molecule has 0 aliphatic carbocycles. The van der Waals surface area contributed by atoms with Gasteiger partial charge in [0.15, 0.2) is 0 Å². The van der Waals surface area contributed by atoms with Gasteiger partial charge in [0.25, 0.3) is 0 Å². The van der Waals surface area contributed by atoms with Crippen molar-refractivity contribution in [2.75, 3.05) is 0 Å². The summed E-state index contributed by atoms with van der Waals surface area (Å²) >= 11 is 0. The van der Waals surface area contributed by atoms with Crippen LogP contribution < -0.4 is 5.32 Å². The summed E-state index contributed by atoms with van der Waals surface area (Å²) in [7, 11) is 0. The topological polar surface area (TPSA) is 49.4 Å². The highest BCUT2D eigenvalue weighted by molar-refractivity contribution is 5.88. The molecule has 4 nitrogen and oxygen atoms in total. The quantitative estimate of drug-likeness (QED) is 0.710. The van der Waals surface area contributed by atoms with Crippen molar-refractivity contribution in [3.63, 3.8) is 0 Å². The standard InChI is InChI=1S/C26H36N2O2/c1-8-23(25(30)27-26(5,6)7)28(17-22-12-10-9-11-19(22)3)24(29)16-21-14-13-18(2)20(4)15-21/h9-15,23H,8,16-17H2,1-7H3,(H,27,30)/t23-/m0/s1. The fourth-order valence-corrected chi connectivity index (χ4v) is 3.53. The summed E-state index contributed by atoms with van der Waals surface area (Å²) < 4.78 is 0. The molecule has 2 aromatic carbocycles. The first-order valence-corrected chi connectivity index (χ1v) is 10.7. The number of nitrogens with one attached hydrogen (secondary N) is 1. The highest BCUT2D eigenvalue weighted by Crippen LogP contribution is 2.18. The Labute approximate surface area is 181 Å². The average molecular weight is 409 g/mol. The maximum Gasteiger partial charge on any atom is 0.243 e. The van der Waals surface area contributed by atoms with Gasteiger partial charge in [-0.05, 0) is 75.8 Å². The van der Waals surface area contributed by atoms with Gasteiger partial charge in [-0.3, -0.25) is 9.59 Å². The van der Waals surface area contributed by atoms with Crippen LogP contribution in [-0.2, 0) is 22.6 Å². The minimum atomic E-state index is -0.511. The van der Waals surface area contributed by atoms with E-state index in [2.05, 4.69) is 25.2 Å². The van der Waals surface area contributed by atoms with Gasteiger partial charge >= 0.3 is 0 Å². The third-order valence-electron chi connectivity index (χ3n) is 5.41. The van der Waals surface area contributed by atoms with Gasteiger partial charge in [-0.1, -0.05) is 49.4 Å². The predicted molar refractivity (Wildman–Crippen MR) is 123 cm³/mol. The monoisotopic (exact) mass is 408 g/mol.